The Hall–Kier alpha value is -1.57. The van der Waals surface area contributed by atoms with Crippen molar-refractivity contribution in [2.75, 3.05) is 0 Å². The van der Waals surface area contributed by atoms with Crippen molar-refractivity contribution in [1.29, 1.82) is 0 Å². The molecule has 0 aliphatic rings. The molecule has 2 heteroatoms. The molecule has 2 aromatic rings. The summed E-state index contributed by atoms with van der Waals surface area (Å²) in [6, 6.07) is 8.56. The molecule has 0 N–H and O–H groups in total. The maximum Gasteiger partial charge on any atom is 0.159 e. The Balaban J connectivity index is 2.44. The molecule has 90 valence electrons. The Labute approximate surface area is 102 Å². The molecule has 0 radical (unpaired) electrons. The van der Waals surface area contributed by atoms with Crippen LogP contribution in [0.25, 0.3) is 10.9 Å². The van der Waals surface area contributed by atoms with E-state index in [0.717, 1.165) is 10.9 Å². The van der Waals surface area contributed by atoms with Crippen LogP contribution in [-0.4, -0.2) is 10.4 Å². The van der Waals surface area contributed by atoms with E-state index in [0.29, 0.717) is 6.04 Å². The molecule has 1 aromatic heterocycles. The number of fused-ring (bicyclic) bond motifs is 1. The van der Waals surface area contributed by atoms with E-state index in [1.807, 2.05) is 12.1 Å². The molecule has 0 saturated carbocycles. The van der Waals surface area contributed by atoms with Gasteiger partial charge in [-0.1, -0.05) is 13.3 Å². The molecule has 0 aliphatic carbocycles. The third kappa shape index (κ3) is 2.26. The smallest absolute Gasteiger partial charge is 0.159 e. The summed E-state index contributed by atoms with van der Waals surface area (Å²) in [5, 5.41) is 1.15. The minimum absolute atomic E-state index is 0.126. The van der Waals surface area contributed by atoms with Crippen molar-refractivity contribution in [2.24, 2.45) is 0 Å². The Kier molecular flexibility index (Phi) is 3.32. The molecule has 0 bridgehead atoms. The lowest BCUT2D eigenvalue weighted by Gasteiger charge is -2.14. The molecule has 0 saturated heterocycles. The van der Waals surface area contributed by atoms with Gasteiger partial charge in [0.2, 0.25) is 0 Å². The van der Waals surface area contributed by atoms with Crippen molar-refractivity contribution in [3.63, 3.8) is 0 Å². The lowest BCUT2D eigenvalue weighted by molar-refractivity contribution is 0.101. The van der Waals surface area contributed by atoms with Gasteiger partial charge in [0.05, 0.1) is 0 Å². The highest BCUT2D eigenvalue weighted by molar-refractivity contribution is 5.98. The molecule has 2 nitrogen and oxygen atoms in total. The number of carbonyl (C=O) groups is 1. The number of hydrogen-bond donors (Lipinski definition) is 0. The minimum atomic E-state index is 0.126. The average Bonchev–Trinajstić information content (AvgIpc) is 2.71. The topological polar surface area (TPSA) is 22.0 Å². The first-order valence-corrected chi connectivity index (χ1v) is 6.25. The van der Waals surface area contributed by atoms with E-state index in [2.05, 4.69) is 36.7 Å². The van der Waals surface area contributed by atoms with Gasteiger partial charge in [-0.3, -0.25) is 4.79 Å². The second-order valence-corrected chi connectivity index (χ2v) is 4.69. The molecule has 0 aliphatic heterocycles. The van der Waals surface area contributed by atoms with E-state index in [-0.39, 0.29) is 5.78 Å². The van der Waals surface area contributed by atoms with Crippen molar-refractivity contribution >= 4 is 16.7 Å². The van der Waals surface area contributed by atoms with Crippen LogP contribution in [0.15, 0.2) is 30.5 Å². The SMILES string of the molecule is CCCC(C)n1ccc2cc(C(C)=O)ccc21. The fourth-order valence-corrected chi connectivity index (χ4v) is 2.32. The lowest BCUT2D eigenvalue weighted by Crippen LogP contribution is -2.03. The maximum atomic E-state index is 11.3. The number of nitrogens with zero attached hydrogens (tertiary/aromatic N) is 1. The summed E-state index contributed by atoms with van der Waals surface area (Å²) in [5.41, 5.74) is 2.01. The summed E-state index contributed by atoms with van der Waals surface area (Å²) in [4.78, 5) is 11.3. The van der Waals surface area contributed by atoms with Gasteiger partial charge in [0.25, 0.3) is 0 Å². The van der Waals surface area contributed by atoms with Gasteiger partial charge in [-0.25, -0.2) is 0 Å². The lowest BCUT2D eigenvalue weighted by atomic mass is 10.1. The van der Waals surface area contributed by atoms with Crippen molar-refractivity contribution in [3.05, 3.63) is 36.0 Å². The van der Waals surface area contributed by atoms with Crippen LogP contribution < -0.4 is 0 Å². The van der Waals surface area contributed by atoms with E-state index in [4.69, 9.17) is 0 Å². The van der Waals surface area contributed by atoms with Gasteiger partial charge in [-0.05, 0) is 44.5 Å². The van der Waals surface area contributed by atoms with Crippen LogP contribution in [0, 0.1) is 0 Å². The van der Waals surface area contributed by atoms with E-state index >= 15 is 0 Å². The summed E-state index contributed by atoms with van der Waals surface area (Å²) in [7, 11) is 0. The summed E-state index contributed by atoms with van der Waals surface area (Å²) in [5.74, 6) is 0.126. The summed E-state index contributed by atoms with van der Waals surface area (Å²) in [6.45, 7) is 6.05. The van der Waals surface area contributed by atoms with Crippen LogP contribution in [0.2, 0.25) is 0 Å². The number of rotatable bonds is 4. The zero-order valence-corrected chi connectivity index (χ0v) is 10.7. The first-order chi connectivity index (χ1) is 8.13. The third-order valence-corrected chi connectivity index (χ3v) is 3.31. The largest absolute Gasteiger partial charge is 0.345 e. The van der Waals surface area contributed by atoms with Crippen molar-refractivity contribution in [1.82, 2.24) is 4.57 Å². The van der Waals surface area contributed by atoms with Crippen LogP contribution >= 0.6 is 0 Å². The molecule has 1 unspecified atom stereocenters. The van der Waals surface area contributed by atoms with E-state index in [9.17, 15) is 4.79 Å². The molecular formula is C15H19NO. The Morgan fingerprint density at radius 1 is 1.35 bits per heavy atom. The Morgan fingerprint density at radius 3 is 2.76 bits per heavy atom. The second-order valence-electron chi connectivity index (χ2n) is 4.69. The van der Waals surface area contributed by atoms with Crippen LogP contribution in [0.3, 0.4) is 0 Å². The highest BCUT2D eigenvalue weighted by Gasteiger charge is 2.08. The fourth-order valence-electron chi connectivity index (χ4n) is 2.32. The predicted molar refractivity (Wildman–Crippen MR) is 71.6 cm³/mol. The zero-order chi connectivity index (χ0) is 12.4. The van der Waals surface area contributed by atoms with Crippen molar-refractivity contribution in [3.8, 4) is 0 Å². The van der Waals surface area contributed by atoms with E-state index in [1.54, 1.807) is 6.92 Å². The number of ketones is 1. The van der Waals surface area contributed by atoms with Crippen LogP contribution in [0.4, 0.5) is 0 Å². The standard InChI is InChI=1S/C15H19NO/c1-4-5-11(2)16-9-8-14-10-13(12(3)17)6-7-15(14)16/h6-11H,4-5H2,1-3H3. The molecule has 2 rings (SSSR count). The van der Waals surface area contributed by atoms with Gasteiger partial charge >= 0.3 is 0 Å². The van der Waals surface area contributed by atoms with Gasteiger partial charge in [0, 0.05) is 28.7 Å². The van der Waals surface area contributed by atoms with Gasteiger partial charge < -0.3 is 4.57 Å². The monoisotopic (exact) mass is 229 g/mol. The predicted octanol–water partition coefficient (Wildman–Crippen LogP) is 4.21. The highest BCUT2D eigenvalue weighted by atomic mass is 16.1. The maximum absolute atomic E-state index is 11.3. The zero-order valence-electron chi connectivity index (χ0n) is 10.7. The highest BCUT2D eigenvalue weighted by Crippen LogP contribution is 2.23. The van der Waals surface area contributed by atoms with Crippen molar-refractivity contribution in [2.45, 2.75) is 39.7 Å². The first-order valence-electron chi connectivity index (χ1n) is 6.25. The summed E-state index contributed by atoms with van der Waals surface area (Å²) < 4.78 is 2.29. The van der Waals surface area contributed by atoms with E-state index in [1.165, 1.54) is 18.4 Å². The Bertz CT molecular complexity index is 539. The molecule has 0 spiro atoms. The number of carbonyl (C=O) groups excluding carboxylic acids is 1. The van der Waals surface area contributed by atoms with Gasteiger partial charge in [0.15, 0.2) is 5.78 Å². The molecule has 1 atom stereocenters. The molecular weight excluding hydrogens is 210 g/mol. The molecule has 0 amide bonds. The summed E-state index contributed by atoms with van der Waals surface area (Å²) in [6.07, 6.45) is 4.49. The van der Waals surface area contributed by atoms with Crippen molar-refractivity contribution < 1.29 is 4.79 Å². The number of hydrogen-bond acceptors (Lipinski definition) is 1. The Morgan fingerprint density at radius 2 is 2.12 bits per heavy atom. The molecule has 0 fully saturated rings. The van der Waals surface area contributed by atoms with Gasteiger partial charge in [-0.15, -0.1) is 0 Å². The molecule has 1 aromatic carbocycles. The van der Waals surface area contributed by atoms with E-state index < -0.39 is 0 Å². The number of aromatic nitrogens is 1. The van der Waals surface area contributed by atoms with Crippen LogP contribution in [0.1, 0.15) is 50.0 Å². The average molecular weight is 229 g/mol. The molecule has 1 heterocycles. The summed E-state index contributed by atoms with van der Waals surface area (Å²) >= 11 is 0. The van der Waals surface area contributed by atoms with Gasteiger partial charge in [0.1, 0.15) is 0 Å². The normalized spacial score (nSPS) is 12.9. The van der Waals surface area contributed by atoms with Crippen LogP contribution in [-0.2, 0) is 0 Å². The number of Topliss-reactive ketones (excluding diaryl/α,β-unsaturated/α-hetero) is 1. The van der Waals surface area contributed by atoms with Crippen LogP contribution in [0.5, 0.6) is 0 Å². The quantitative estimate of drug-likeness (QED) is 0.720. The minimum Gasteiger partial charge on any atom is -0.345 e. The second kappa shape index (κ2) is 4.74. The fraction of sp³-hybridized carbons (Fsp3) is 0.400. The van der Waals surface area contributed by atoms with Gasteiger partial charge in [-0.2, -0.15) is 0 Å². The molecule has 17 heavy (non-hydrogen) atoms. The first kappa shape index (κ1) is 11.9. The third-order valence-electron chi connectivity index (χ3n) is 3.31. The number of benzene rings is 1.